The van der Waals surface area contributed by atoms with Crippen LogP contribution >= 0.6 is 11.8 Å². The standard InChI is InChI=1S/C25H32N2O2S/c1-3-14-27(24(28)19-30-18-21-9-7-8-20(2)17-21)23-12-15-26(16-13-23)25(29)22-10-5-4-6-11-22/h4-11,17,23H,3,12-16,18-19H2,1-2H3. The molecule has 1 saturated heterocycles. The van der Waals surface area contributed by atoms with Crippen LogP contribution in [0.25, 0.3) is 0 Å². The van der Waals surface area contributed by atoms with Gasteiger partial charge in [-0.3, -0.25) is 9.59 Å². The Balaban J connectivity index is 1.50. The molecule has 0 atom stereocenters. The van der Waals surface area contributed by atoms with E-state index in [2.05, 4.69) is 43.0 Å². The van der Waals surface area contributed by atoms with Gasteiger partial charge in [-0.05, 0) is 43.9 Å². The number of hydrogen-bond donors (Lipinski definition) is 0. The van der Waals surface area contributed by atoms with Crippen LogP contribution in [0.15, 0.2) is 54.6 Å². The first kappa shape index (κ1) is 22.4. The maximum Gasteiger partial charge on any atom is 0.253 e. The summed E-state index contributed by atoms with van der Waals surface area (Å²) >= 11 is 1.69. The Bertz CT molecular complexity index is 832. The molecule has 2 aromatic rings. The summed E-state index contributed by atoms with van der Waals surface area (Å²) in [5.41, 5.74) is 3.26. The zero-order valence-electron chi connectivity index (χ0n) is 18.0. The lowest BCUT2D eigenvalue weighted by atomic mass is 10.0. The van der Waals surface area contributed by atoms with Gasteiger partial charge in [-0.1, -0.05) is 55.0 Å². The second-order valence-electron chi connectivity index (χ2n) is 7.96. The van der Waals surface area contributed by atoms with E-state index in [-0.39, 0.29) is 17.9 Å². The van der Waals surface area contributed by atoms with E-state index in [9.17, 15) is 9.59 Å². The summed E-state index contributed by atoms with van der Waals surface area (Å²) in [5, 5.41) is 0. The first-order valence-electron chi connectivity index (χ1n) is 10.9. The highest BCUT2D eigenvalue weighted by Gasteiger charge is 2.29. The molecule has 0 spiro atoms. The van der Waals surface area contributed by atoms with Crippen LogP contribution in [0.1, 0.15) is 47.7 Å². The molecule has 1 aliphatic heterocycles. The second kappa shape index (κ2) is 11.2. The molecule has 1 fully saturated rings. The maximum absolute atomic E-state index is 13.0. The number of likely N-dealkylation sites (tertiary alicyclic amines) is 1. The molecule has 2 amide bonds. The largest absolute Gasteiger partial charge is 0.339 e. The molecule has 30 heavy (non-hydrogen) atoms. The van der Waals surface area contributed by atoms with Gasteiger partial charge in [0.25, 0.3) is 5.91 Å². The molecular formula is C25H32N2O2S. The fourth-order valence-electron chi connectivity index (χ4n) is 4.04. The smallest absolute Gasteiger partial charge is 0.253 e. The Kier molecular flexibility index (Phi) is 8.38. The summed E-state index contributed by atoms with van der Waals surface area (Å²) in [6.45, 7) is 6.43. The van der Waals surface area contributed by atoms with Crippen LogP contribution in [0.5, 0.6) is 0 Å². The number of amides is 2. The first-order chi connectivity index (χ1) is 14.6. The highest BCUT2D eigenvalue weighted by molar-refractivity contribution is 7.99. The van der Waals surface area contributed by atoms with Crippen molar-refractivity contribution in [1.29, 1.82) is 0 Å². The number of carbonyl (C=O) groups is 2. The van der Waals surface area contributed by atoms with Crippen molar-refractivity contribution in [3.8, 4) is 0 Å². The molecule has 1 aliphatic rings. The van der Waals surface area contributed by atoms with Crippen LogP contribution in [0.4, 0.5) is 0 Å². The molecule has 160 valence electrons. The van der Waals surface area contributed by atoms with Gasteiger partial charge in [-0.2, -0.15) is 0 Å². The molecule has 0 bridgehead atoms. The molecule has 1 heterocycles. The normalized spacial score (nSPS) is 14.5. The maximum atomic E-state index is 13.0. The topological polar surface area (TPSA) is 40.6 Å². The third-order valence-corrected chi connectivity index (χ3v) is 6.56. The second-order valence-corrected chi connectivity index (χ2v) is 8.94. The van der Waals surface area contributed by atoms with Crippen LogP contribution in [0.2, 0.25) is 0 Å². The van der Waals surface area contributed by atoms with Gasteiger partial charge in [-0.15, -0.1) is 11.8 Å². The lowest BCUT2D eigenvalue weighted by molar-refractivity contribution is -0.131. The summed E-state index contributed by atoms with van der Waals surface area (Å²) in [4.78, 5) is 29.6. The molecule has 0 radical (unpaired) electrons. The number of carbonyl (C=O) groups excluding carboxylic acids is 2. The molecule has 0 aliphatic carbocycles. The van der Waals surface area contributed by atoms with E-state index in [1.165, 1.54) is 11.1 Å². The van der Waals surface area contributed by atoms with E-state index >= 15 is 0 Å². The highest BCUT2D eigenvalue weighted by Crippen LogP contribution is 2.21. The monoisotopic (exact) mass is 424 g/mol. The number of hydrogen-bond acceptors (Lipinski definition) is 3. The molecule has 0 saturated carbocycles. The molecule has 0 N–H and O–H groups in total. The van der Waals surface area contributed by atoms with Crippen molar-refractivity contribution in [3.05, 3.63) is 71.3 Å². The van der Waals surface area contributed by atoms with E-state index in [1.54, 1.807) is 11.8 Å². The molecule has 4 nitrogen and oxygen atoms in total. The van der Waals surface area contributed by atoms with Gasteiger partial charge in [0, 0.05) is 37.0 Å². The van der Waals surface area contributed by atoms with Crippen molar-refractivity contribution < 1.29 is 9.59 Å². The van der Waals surface area contributed by atoms with Crippen molar-refractivity contribution in [2.24, 2.45) is 0 Å². The van der Waals surface area contributed by atoms with Crippen molar-refractivity contribution in [2.45, 2.75) is 44.9 Å². The molecule has 0 unspecified atom stereocenters. The van der Waals surface area contributed by atoms with Crippen LogP contribution in [0, 0.1) is 6.92 Å². The van der Waals surface area contributed by atoms with Gasteiger partial charge in [-0.25, -0.2) is 0 Å². The quantitative estimate of drug-likeness (QED) is 0.613. The molecule has 2 aromatic carbocycles. The Morgan fingerprint density at radius 3 is 2.47 bits per heavy atom. The zero-order chi connectivity index (χ0) is 21.3. The Labute approximate surface area is 184 Å². The SMILES string of the molecule is CCCN(C(=O)CSCc1cccc(C)c1)C1CCN(C(=O)c2ccccc2)CC1. The number of piperidine rings is 1. The average Bonchev–Trinajstić information content (AvgIpc) is 2.78. The van der Waals surface area contributed by atoms with Crippen molar-refractivity contribution in [3.63, 3.8) is 0 Å². The third-order valence-electron chi connectivity index (χ3n) is 5.57. The predicted molar refractivity (Wildman–Crippen MR) is 125 cm³/mol. The predicted octanol–water partition coefficient (Wildman–Crippen LogP) is 4.77. The van der Waals surface area contributed by atoms with Crippen LogP contribution < -0.4 is 0 Å². The number of nitrogens with zero attached hydrogens (tertiary/aromatic N) is 2. The average molecular weight is 425 g/mol. The lowest BCUT2D eigenvalue weighted by Crippen LogP contribution is -2.49. The minimum atomic E-state index is 0.0936. The van der Waals surface area contributed by atoms with Crippen LogP contribution in [0.3, 0.4) is 0 Å². The number of benzene rings is 2. The van der Waals surface area contributed by atoms with Crippen LogP contribution in [-0.2, 0) is 10.5 Å². The van der Waals surface area contributed by atoms with Crippen molar-refractivity contribution in [1.82, 2.24) is 9.80 Å². The van der Waals surface area contributed by atoms with Gasteiger partial charge in [0.1, 0.15) is 0 Å². The highest BCUT2D eigenvalue weighted by atomic mass is 32.2. The van der Waals surface area contributed by atoms with Crippen molar-refractivity contribution in [2.75, 3.05) is 25.4 Å². The fourth-order valence-corrected chi connectivity index (χ4v) is 4.89. The van der Waals surface area contributed by atoms with E-state index in [4.69, 9.17) is 0 Å². The van der Waals surface area contributed by atoms with E-state index in [1.807, 2.05) is 35.2 Å². The van der Waals surface area contributed by atoms with E-state index < -0.39 is 0 Å². The zero-order valence-corrected chi connectivity index (χ0v) is 18.9. The number of aryl methyl sites for hydroxylation is 1. The van der Waals surface area contributed by atoms with E-state index in [0.29, 0.717) is 18.8 Å². The summed E-state index contributed by atoms with van der Waals surface area (Å²) in [5.74, 6) is 1.69. The number of thioether (sulfide) groups is 1. The Hall–Kier alpha value is -2.27. The lowest BCUT2D eigenvalue weighted by Gasteiger charge is -2.38. The first-order valence-corrected chi connectivity index (χ1v) is 12.0. The molecule has 5 heteroatoms. The van der Waals surface area contributed by atoms with Gasteiger partial charge in [0.05, 0.1) is 5.75 Å². The van der Waals surface area contributed by atoms with Gasteiger partial charge in [0.2, 0.25) is 5.91 Å². The van der Waals surface area contributed by atoms with Crippen LogP contribution in [-0.4, -0.2) is 53.0 Å². The summed E-state index contributed by atoms with van der Waals surface area (Å²) in [7, 11) is 0. The molecular weight excluding hydrogens is 392 g/mol. The third kappa shape index (κ3) is 6.11. The Morgan fingerprint density at radius 1 is 1.07 bits per heavy atom. The summed E-state index contributed by atoms with van der Waals surface area (Å²) < 4.78 is 0. The Morgan fingerprint density at radius 2 is 1.80 bits per heavy atom. The van der Waals surface area contributed by atoms with E-state index in [0.717, 1.165) is 37.1 Å². The van der Waals surface area contributed by atoms with Gasteiger partial charge in [0.15, 0.2) is 0 Å². The summed E-state index contributed by atoms with van der Waals surface area (Å²) in [6.07, 6.45) is 2.66. The molecule has 0 aromatic heterocycles. The van der Waals surface area contributed by atoms with Gasteiger partial charge >= 0.3 is 0 Å². The van der Waals surface area contributed by atoms with Gasteiger partial charge < -0.3 is 9.80 Å². The summed E-state index contributed by atoms with van der Waals surface area (Å²) in [6, 6.07) is 18.2. The fraction of sp³-hybridized carbons (Fsp3) is 0.440. The minimum Gasteiger partial charge on any atom is -0.339 e. The minimum absolute atomic E-state index is 0.0936. The molecule has 3 rings (SSSR count). The number of rotatable bonds is 8. The van der Waals surface area contributed by atoms with Crippen molar-refractivity contribution >= 4 is 23.6 Å².